The van der Waals surface area contributed by atoms with Gasteiger partial charge in [0.25, 0.3) is 0 Å². The molecule has 3 atom stereocenters. The van der Waals surface area contributed by atoms with E-state index < -0.39 is 12.0 Å². The fourth-order valence-corrected chi connectivity index (χ4v) is 2.09. The lowest BCUT2D eigenvalue weighted by Crippen LogP contribution is -2.44. The van der Waals surface area contributed by atoms with Crippen molar-refractivity contribution in [3.63, 3.8) is 0 Å². The van der Waals surface area contributed by atoms with Crippen molar-refractivity contribution in [3.8, 4) is 0 Å². The molecule has 4 N–H and O–H groups in total. The zero-order chi connectivity index (χ0) is 12.1. The van der Waals surface area contributed by atoms with E-state index >= 15 is 0 Å². The van der Waals surface area contributed by atoms with E-state index in [1.807, 2.05) is 6.92 Å². The molecule has 16 heavy (non-hydrogen) atoms. The maximum atomic E-state index is 11.6. The summed E-state index contributed by atoms with van der Waals surface area (Å²) in [6.07, 6.45) is 3.45. The van der Waals surface area contributed by atoms with Crippen LogP contribution < -0.4 is 11.1 Å². The molecule has 0 aliphatic heterocycles. The van der Waals surface area contributed by atoms with E-state index in [1.54, 1.807) is 0 Å². The Bertz CT molecular complexity index is 268. The minimum Gasteiger partial charge on any atom is -0.481 e. The summed E-state index contributed by atoms with van der Waals surface area (Å²) in [6.45, 7) is 1.98. The second-order valence-electron chi connectivity index (χ2n) is 4.45. The number of nitrogens with one attached hydrogen (secondary N) is 1. The average Bonchev–Trinajstić information content (AvgIpc) is 2.66. The standard InChI is InChI=1S/C11H20N2O3/c1-2-3-9(12)10(14)13-8-5-4-7(6-8)11(15)16/h7-9H,2-6,12H2,1H3,(H,13,14)(H,15,16)/t7-,8+,9+/m1/s1. The van der Waals surface area contributed by atoms with Crippen molar-refractivity contribution in [2.75, 3.05) is 0 Å². The van der Waals surface area contributed by atoms with Crippen LogP contribution in [0.5, 0.6) is 0 Å². The molecule has 0 aromatic heterocycles. The van der Waals surface area contributed by atoms with Crippen LogP contribution >= 0.6 is 0 Å². The molecule has 1 rings (SSSR count). The number of rotatable bonds is 5. The summed E-state index contributed by atoms with van der Waals surface area (Å²) in [5.74, 6) is -1.24. The third-order valence-corrected chi connectivity index (χ3v) is 3.06. The maximum absolute atomic E-state index is 11.6. The molecule has 5 heteroatoms. The van der Waals surface area contributed by atoms with Gasteiger partial charge in [0.15, 0.2) is 0 Å². The number of carbonyl (C=O) groups is 2. The number of carbonyl (C=O) groups excluding carboxylic acids is 1. The van der Waals surface area contributed by atoms with Crippen molar-refractivity contribution in [3.05, 3.63) is 0 Å². The number of hydrogen-bond acceptors (Lipinski definition) is 3. The van der Waals surface area contributed by atoms with Gasteiger partial charge in [0.1, 0.15) is 0 Å². The molecule has 0 aromatic carbocycles. The first-order chi connectivity index (χ1) is 7.54. The Balaban J connectivity index is 2.33. The topological polar surface area (TPSA) is 92.4 Å². The van der Waals surface area contributed by atoms with Gasteiger partial charge in [0, 0.05) is 6.04 Å². The van der Waals surface area contributed by atoms with E-state index in [4.69, 9.17) is 10.8 Å². The summed E-state index contributed by atoms with van der Waals surface area (Å²) >= 11 is 0. The summed E-state index contributed by atoms with van der Waals surface area (Å²) < 4.78 is 0. The summed E-state index contributed by atoms with van der Waals surface area (Å²) in [5.41, 5.74) is 5.67. The highest BCUT2D eigenvalue weighted by molar-refractivity contribution is 5.81. The Kier molecular flexibility index (Phi) is 4.73. The van der Waals surface area contributed by atoms with Gasteiger partial charge in [-0.05, 0) is 25.7 Å². The van der Waals surface area contributed by atoms with Gasteiger partial charge in [-0.25, -0.2) is 0 Å². The van der Waals surface area contributed by atoms with E-state index in [9.17, 15) is 9.59 Å². The lowest BCUT2D eigenvalue weighted by atomic mass is 10.1. The highest BCUT2D eigenvalue weighted by atomic mass is 16.4. The number of hydrogen-bond donors (Lipinski definition) is 3. The SMILES string of the molecule is CCC[C@H](N)C(=O)N[C@H]1CC[C@@H](C(=O)O)C1. The molecule has 1 fully saturated rings. The number of nitrogens with two attached hydrogens (primary N) is 1. The smallest absolute Gasteiger partial charge is 0.306 e. The molecule has 0 aromatic rings. The first-order valence-electron chi connectivity index (χ1n) is 5.83. The van der Waals surface area contributed by atoms with Crippen molar-refractivity contribution in [2.24, 2.45) is 11.7 Å². The highest BCUT2D eigenvalue weighted by Gasteiger charge is 2.31. The van der Waals surface area contributed by atoms with Crippen LogP contribution in [0.2, 0.25) is 0 Å². The summed E-state index contributed by atoms with van der Waals surface area (Å²) in [4.78, 5) is 22.3. The fourth-order valence-electron chi connectivity index (χ4n) is 2.09. The number of carboxylic acid groups (broad SMARTS) is 1. The molecule has 1 aliphatic rings. The van der Waals surface area contributed by atoms with E-state index in [2.05, 4.69) is 5.32 Å². The van der Waals surface area contributed by atoms with Gasteiger partial charge < -0.3 is 16.2 Å². The highest BCUT2D eigenvalue weighted by Crippen LogP contribution is 2.25. The molecular formula is C11H20N2O3. The monoisotopic (exact) mass is 228 g/mol. The largest absolute Gasteiger partial charge is 0.481 e. The molecule has 5 nitrogen and oxygen atoms in total. The molecule has 1 aliphatic carbocycles. The molecule has 1 saturated carbocycles. The summed E-state index contributed by atoms with van der Waals surface area (Å²) in [5, 5.41) is 11.6. The molecule has 0 radical (unpaired) electrons. The average molecular weight is 228 g/mol. The van der Waals surface area contributed by atoms with Crippen LogP contribution in [0, 0.1) is 5.92 Å². The van der Waals surface area contributed by atoms with Gasteiger partial charge in [0.2, 0.25) is 5.91 Å². The van der Waals surface area contributed by atoms with Crippen LogP contribution in [0.25, 0.3) is 0 Å². The van der Waals surface area contributed by atoms with Crippen LogP contribution in [-0.2, 0) is 9.59 Å². The van der Waals surface area contributed by atoms with Crippen molar-refractivity contribution in [1.82, 2.24) is 5.32 Å². The lowest BCUT2D eigenvalue weighted by Gasteiger charge is -2.16. The molecule has 0 saturated heterocycles. The zero-order valence-corrected chi connectivity index (χ0v) is 9.61. The quantitative estimate of drug-likeness (QED) is 0.638. The van der Waals surface area contributed by atoms with Crippen molar-refractivity contribution < 1.29 is 14.7 Å². The van der Waals surface area contributed by atoms with Gasteiger partial charge in [-0.3, -0.25) is 9.59 Å². The van der Waals surface area contributed by atoms with E-state index in [-0.39, 0.29) is 17.9 Å². The van der Waals surface area contributed by atoms with Crippen LogP contribution in [-0.4, -0.2) is 29.1 Å². The Morgan fingerprint density at radius 2 is 2.19 bits per heavy atom. The predicted octanol–water partition coefficient (Wildman–Crippen LogP) is 0.483. The van der Waals surface area contributed by atoms with E-state index in [0.29, 0.717) is 19.3 Å². The third kappa shape index (κ3) is 3.48. The van der Waals surface area contributed by atoms with Crippen LogP contribution in [0.15, 0.2) is 0 Å². The second kappa shape index (κ2) is 5.84. The van der Waals surface area contributed by atoms with Gasteiger partial charge in [-0.2, -0.15) is 0 Å². The van der Waals surface area contributed by atoms with E-state index in [0.717, 1.165) is 12.8 Å². The molecule has 0 unspecified atom stereocenters. The number of carboxylic acids is 1. The molecular weight excluding hydrogens is 208 g/mol. The van der Waals surface area contributed by atoms with Gasteiger partial charge in [-0.15, -0.1) is 0 Å². The third-order valence-electron chi connectivity index (χ3n) is 3.06. The molecule has 0 spiro atoms. The van der Waals surface area contributed by atoms with E-state index in [1.165, 1.54) is 0 Å². The molecule has 1 amide bonds. The number of aliphatic carboxylic acids is 1. The fraction of sp³-hybridized carbons (Fsp3) is 0.818. The molecule has 0 bridgehead atoms. The molecule has 0 heterocycles. The number of amides is 1. The zero-order valence-electron chi connectivity index (χ0n) is 9.61. The lowest BCUT2D eigenvalue weighted by molar-refractivity contribution is -0.141. The van der Waals surface area contributed by atoms with Gasteiger partial charge >= 0.3 is 5.97 Å². The van der Waals surface area contributed by atoms with Gasteiger partial charge in [-0.1, -0.05) is 13.3 Å². The van der Waals surface area contributed by atoms with Gasteiger partial charge in [0.05, 0.1) is 12.0 Å². The minimum atomic E-state index is -0.769. The Labute approximate surface area is 95.4 Å². The maximum Gasteiger partial charge on any atom is 0.306 e. The Morgan fingerprint density at radius 3 is 2.69 bits per heavy atom. The van der Waals surface area contributed by atoms with Crippen molar-refractivity contribution >= 4 is 11.9 Å². The minimum absolute atomic E-state index is 0.0171. The van der Waals surface area contributed by atoms with Crippen molar-refractivity contribution in [1.29, 1.82) is 0 Å². The van der Waals surface area contributed by atoms with Crippen molar-refractivity contribution in [2.45, 2.75) is 51.1 Å². The Morgan fingerprint density at radius 1 is 1.50 bits per heavy atom. The predicted molar refractivity (Wildman–Crippen MR) is 59.8 cm³/mol. The first-order valence-corrected chi connectivity index (χ1v) is 5.83. The summed E-state index contributed by atoms with van der Waals surface area (Å²) in [7, 11) is 0. The Hall–Kier alpha value is -1.10. The van der Waals surface area contributed by atoms with Crippen LogP contribution in [0.4, 0.5) is 0 Å². The van der Waals surface area contributed by atoms with Crippen LogP contribution in [0.1, 0.15) is 39.0 Å². The summed E-state index contributed by atoms with van der Waals surface area (Å²) in [6, 6.07) is -0.481. The van der Waals surface area contributed by atoms with Crippen LogP contribution in [0.3, 0.4) is 0 Å². The normalized spacial score (nSPS) is 26.4. The second-order valence-corrected chi connectivity index (χ2v) is 4.45. The first kappa shape index (κ1) is 13.0. The molecule has 92 valence electrons.